The lowest BCUT2D eigenvalue weighted by molar-refractivity contribution is -0.117. The summed E-state index contributed by atoms with van der Waals surface area (Å²) < 4.78 is 0. The van der Waals surface area contributed by atoms with Crippen LogP contribution in [0.3, 0.4) is 0 Å². The number of rotatable bonds is 5. The first-order valence-corrected chi connectivity index (χ1v) is 9.09. The molecular formula is C17H28N6O2. The Morgan fingerprint density at radius 1 is 1.24 bits per heavy atom. The number of carbonyl (C=O) groups excluding carboxylic acids is 2. The summed E-state index contributed by atoms with van der Waals surface area (Å²) >= 11 is 0. The highest BCUT2D eigenvalue weighted by Gasteiger charge is 2.34. The highest BCUT2D eigenvalue weighted by Crippen LogP contribution is 2.21. The fourth-order valence-electron chi connectivity index (χ4n) is 3.74. The SMILES string of the molecule is CCN1CCN(C2CCN(CC(=O)Nc3c(C)n[nH]c3C)CC2)C1=O. The Labute approximate surface area is 148 Å². The first-order valence-electron chi connectivity index (χ1n) is 9.09. The van der Waals surface area contributed by atoms with Gasteiger partial charge in [0.25, 0.3) is 0 Å². The zero-order chi connectivity index (χ0) is 18.0. The van der Waals surface area contributed by atoms with Crippen LogP contribution in [0.25, 0.3) is 0 Å². The van der Waals surface area contributed by atoms with Crippen LogP contribution in [0.1, 0.15) is 31.2 Å². The number of likely N-dealkylation sites (tertiary alicyclic amines) is 1. The van der Waals surface area contributed by atoms with E-state index in [-0.39, 0.29) is 11.9 Å². The number of hydrogen-bond donors (Lipinski definition) is 2. The van der Waals surface area contributed by atoms with Crippen molar-refractivity contribution in [2.24, 2.45) is 0 Å². The summed E-state index contributed by atoms with van der Waals surface area (Å²) in [6.07, 6.45) is 1.86. The largest absolute Gasteiger partial charge is 0.323 e. The highest BCUT2D eigenvalue weighted by atomic mass is 16.2. The number of amides is 3. The first-order chi connectivity index (χ1) is 12.0. The molecule has 2 saturated heterocycles. The fourth-order valence-corrected chi connectivity index (χ4v) is 3.74. The maximum Gasteiger partial charge on any atom is 0.320 e. The van der Waals surface area contributed by atoms with E-state index in [0.29, 0.717) is 12.6 Å². The standard InChI is InChI=1S/C17H28N6O2/c1-4-22-9-10-23(17(22)25)14-5-7-21(8-6-14)11-15(24)18-16-12(2)19-20-13(16)3/h14H,4-11H2,1-3H3,(H,18,24)(H,19,20). The summed E-state index contributed by atoms with van der Waals surface area (Å²) in [4.78, 5) is 30.7. The van der Waals surface area contributed by atoms with Crippen LogP contribution in [0.5, 0.6) is 0 Å². The van der Waals surface area contributed by atoms with Crippen molar-refractivity contribution in [2.45, 2.75) is 39.7 Å². The molecule has 1 aromatic rings. The molecule has 25 heavy (non-hydrogen) atoms. The van der Waals surface area contributed by atoms with Gasteiger partial charge in [-0.1, -0.05) is 0 Å². The molecular weight excluding hydrogens is 320 g/mol. The molecule has 3 heterocycles. The molecule has 0 aromatic carbocycles. The van der Waals surface area contributed by atoms with E-state index in [1.807, 2.05) is 30.6 Å². The van der Waals surface area contributed by atoms with Crippen molar-refractivity contribution in [1.29, 1.82) is 0 Å². The van der Waals surface area contributed by atoms with Gasteiger partial charge in [0.15, 0.2) is 0 Å². The van der Waals surface area contributed by atoms with Gasteiger partial charge in [0, 0.05) is 38.8 Å². The van der Waals surface area contributed by atoms with Gasteiger partial charge in [-0.3, -0.25) is 14.8 Å². The lowest BCUT2D eigenvalue weighted by atomic mass is 10.0. The maximum absolute atomic E-state index is 12.3. The normalized spacial score (nSPS) is 19.7. The fraction of sp³-hybridized carbons (Fsp3) is 0.706. The molecule has 8 nitrogen and oxygen atoms in total. The molecule has 8 heteroatoms. The molecule has 0 atom stereocenters. The van der Waals surface area contributed by atoms with E-state index in [9.17, 15) is 9.59 Å². The zero-order valence-electron chi connectivity index (χ0n) is 15.3. The van der Waals surface area contributed by atoms with E-state index < -0.39 is 0 Å². The monoisotopic (exact) mass is 348 g/mol. The zero-order valence-corrected chi connectivity index (χ0v) is 15.3. The van der Waals surface area contributed by atoms with Gasteiger partial charge in [0.05, 0.1) is 23.6 Å². The Bertz CT molecular complexity index is 616. The maximum atomic E-state index is 12.3. The summed E-state index contributed by atoms with van der Waals surface area (Å²) in [5.41, 5.74) is 2.46. The topological polar surface area (TPSA) is 84.6 Å². The summed E-state index contributed by atoms with van der Waals surface area (Å²) in [7, 11) is 0. The number of likely N-dealkylation sites (N-methyl/N-ethyl adjacent to an activating group) is 1. The van der Waals surface area contributed by atoms with E-state index >= 15 is 0 Å². The number of H-pyrrole nitrogens is 1. The van der Waals surface area contributed by atoms with E-state index in [1.54, 1.807) is 0 Å². The Morgan fingerprint density at radius 2 is 1.96 bits per heavy atom. The molecule has 0 spiro atoms. The molecule has 1 aromatic heterocycles. The predicted octanol–water partition coefficient (Wildman–Crippen LogP) is 1.19. The number of aromatic nitrogens is 2. The van der Waals surface area contributed by atoms with Crippen molar-refractivity contribution in [3.63, 3.8) is 0 Å². The Kier molecular flexibility index (Phi) is 5.27. The Hall–Kier alpha value is -2.09. The van der Waals surface area contributed by atoms with Crippen molar-refractivity contribution in [3.8, 4) is 0 Å². The minimum absolute atomic E-state index is 0.0135. The lowest BCUT2D eigenvalue weighted by Gasteiger charge is -2.36. The predicted molar refractivity (Wildman–Crippen MR) is 95.5 cm³/mol. The average Bonchev–Trinajstić information content (AvgIpc) is 3.12. The number of aromatic amines is 1. The second kappa shape index (κ2) is 7.43. The average molecular weight is 348 g/mol. The van der Waals surface area contributed by atoms with Crippen LogP contribution in [-0.4, -0.2) is 82.1 Å². The number of nitrogens with one attached hydrogen (secondary N) is 2. The van der Waals surface area contributed by atoms with E-state index in [4.69, 9.17) is 0 Å². The lowest BCUT2D eigenvalue weighted by Crippen LogP contribution is -2.48. The number of carbonyl (C=O) groups is 2. The summed E-state index contributed by atoms with van der Waals surface area (Å²) in [6, 6.07) is 0.478. The van der Waals surface area contributed by atoms with Crippen LogP contribution in [0.15, 0.2) is 0 Å². The van der Waals surface area contributed by atoms with Crippen LogP contribution in [-0.2, 0) is 4.79 Å². The number of nitrogens with zero attached hydrogens (tertiary/aromatic N) is 4. The van der Waals surface area contributed by atoms with Crippen LogP contribution < -0.4 is 5.32 Å². The second-order valence-corrected chi connectivity index (χ2v) is 6.92. The Morgan fingerprint density at radius 3 is 2.52 bits per heavy atom. The summed E-state index contributed by atoms with van der Waals surface area (Å²) in [6.45, 7) is 10.3. The van der Waals surface area contributed by atoms with Crippen molar-refractivity contribution < 1.29 is 9.59 Å². The molecule has 2 fully saturated rings. The number of urea groups is 1. The molecule has 0 radical (unpaired) electrons. The van der Waals surface area contributed by atoms with Crippen LogP contribution in [0.4, 0.5) is 10.5 Å². The number of aryl methyl sites for hydroxylation is 2. The van der Waals surface area contributed by atoms with Gasteiger partial charge < -0.3 is 15.1 Å². The van der Waals surface area contributed by atoms with Crippen molar-refractivity contribution >= 4 is 17.6 Å². The highest BCUT2D eigenvalue weighted by molar-refractivity contribution is 5.93. The summed E-state index contributed by atoms with van der Waals surface area (Å²) in [5.74, 6) is -0.0135. The number of hydrogen-bond acceptors (Lipinski definition) is 4. The van der Waals surface area contributed by atoms with Gasteiger partial charge in [-0.05, 0) is 33.6 Å². The van der Waals surface area contributed by atoms with Crippen molar-refractivity contribution in [3.05, 3.63) is 11.4 Å². The molecule has 0 bridgehead atoms. The van der Waals surface area contributed by atoms with E-state index in [2.05, 4.69) is 20.4 Å². The Balaban J connectivity index is 1.46. The molecule has 138 valence electrons. The molecule has 2 aliphatic rings. The van der Waals surface area contributed by atoms with Gasteiger partial charge in [-0.15, -0.1) is 0 Å². The van der Waals surface area contributed by atoms with Gasteiger partial charge in [-0.25, -0.2) is 4.79 Å². The van der Waals surface area contributed by atoms with Gasteiger partial charge in [0.1, 0.15) is 0 Å². The third-order valence-electron chi connectivity index (χ3n) is 5.27. The molecule has 0 unspecified atom stereocenters. The minimum atomic E-state index is -0.0135. The van der Waals surface area contributed by atoms with Crippen LogP contribution in [0, 0.1) is 13.8 Å². The quantitative estimate of drug-likeness (QED) is 0.837. The molecule has 0 saturated carbocycles. The van der Waals surface area contributed by atoms with Crippen molar-refractivity contribution in [1.82, 2.24) is 24.9 Å². The molecule has 2 N–H and O–H groups in total. The van der Waals surface area contributed by atoms with Gasteiger partial charge in [-0.2, -0.15) is 5.10 Å². The van der Waals surface area contributed by atoms with Crippen LogP contribution >= 0.6 is 0 Å². The van der Waals surface area contributed by atoms with Crippen molar-refractivity contribution in [2.75, 3.05) is 44.6 Å². The molecule has 3 rings (SSSR count). The molecule has 2 aliphatic heterocycles. The first kappa shape index (κ1) is 17.7. The molecule has 0 aliphatic carbocycles. The molecule has 3 amide bonds. The number of anilines is 1. The van der Waals surface area contributed by atoms with E-state index in [1.165, 1.54) is 0 Å². The van der Waals surface area contributed by atoms with E-state index in [0.717, 1.165) is 62.6 Å². The number of piperidine rings is 1. The van der Waals surface area contributed by atoms with Gasteiger partial charge >= 0.3 is 6.03 Å². The minimum Gasteiger partial charge on any atom is -0.323 e. The van der Waals surface area contributed by atoms with Crippen LogP contribution in [0.2, 0.25) is 0 Å². The second-order valence-electron chi connectivity index (χ2n) is 6.92. The smallest absolute Gasteiger partial charge is 0.320 e. The summed E-state index contributed by atoms with van der Waals surface area (Å²) in [5, 5.41) is 9.92. The van der Waals surface area contributed by atoms with Gasteiger partial charge in [0.2, 0.25) is 5.91 Å². The third-order valence-corrected chi connectivity index (χ3v) is 5.27. The third kappa shape index (κ3) is 3.78.